The Morgan fingerprint density at radius 2 is 1.85 bits per heavy atom. The van der Waals surface area contributed by atoms with Gasteiger partial charge in [0, 0.05) is 12.8 Å². The van der Waals surface area contributed by atoms with Gasteiger partial charge in [-0.25, -0.2) is 0 Å². The van der Waals surface area contributed by atoms with E-state index in [2.05, 4.69) is 40.0 Å². The molecule has 0 aliphatic heterocycles. The summed E-state index contributed by atoms with van der Waals surface area (Å²) < 4.78 is 5.09. The number of ether oxygens (including phenoxy) is 1. The smallest absolute Gasteiger partial charge is 0.305 e. The average molecular weight is 278 g/mol. The van der Waals surface area contributed by atoms with Crippen molar-refractivity contribution in [2.75, 3.05) is 6.61 Å². The molecule has 114 valence electrons. The zero-order chi connectivity index (χ0) is 15.5. The van der Waals surface area contributed by atoms with Crippen LogP contribution < -0.4 is 0 Å². The van der Waals surface area contributed by atoms with Crippen molar-refractivity contribution in [3.63, 3.8) is 0 Å². The molecule has 0 aliphatic rings. The number of esters is 1. The van der Waals surface area contributed by atoms with Gasteiger partial charge in [0.05, 0.1) is 6.61 Å². The Labute approximate surface area is 124 Å². The van der Waals surface area contributed by atoms with Crippen molar-refractivity contribution in [1.82, 2.24) is 0 Å². The summed E-state index contributed by atoms with van der Waals surface area (Å²) in [5.74, 6) is 0.388. The fraction of sp³-hybridized carbons (Fsp3) is 0.611. The van der Waals surface area contributed by atoms with Crippen LogP contribution in [0.3, 0.4) is 0 Å². The molecule has 1 unspecified atom stereocenters. The Hall–Kier alpha value is -1.31. The van der Waals surface area contributed by atoms with Crippen molar-refractivity contribution < 1.29 is 9.53 Å². The molecule has 0 amide bonds. The van der Waals surface area contributed by atoms with E-state index in [0.717, 1.165) is 25.7 Å². The zero-order valence-electron chi connectivity index (χ0n) is 13.6. The number of carbonyl (C=O) groups excluding carboxylic acids is 1. The monoisotopic (exact) mass is 278 g/mol. The van der Waals surface area contributed by atoms with Gasteiger partial charge in [-0.15, -0.1) is 6.58 Å². The van der Waals surface area contributed by atoms with E-state index in [1.54, 1.807) is 0 Å². The lowest BCUT2D eigenvalue weighted by Gasteiger charge is -2.15. The van der Waals surface area contributed by atoms with Crippen molar-refractivity contribution in [1.29, 1.82) is 0 Å². The number of hydrogen-bond donors (Lipinski definition) is 0. The van der Waals surface area contributed by atoms with Gasteiger partial charge in [0.1, 0.15) is 0 Å². The predicted molar refractivity (Wildman–Crippen MR) is 86.6 cm³/mol. The summed E-state index contributed by atoms with van der Waals surface area (Å²) in [7, 11) is 0. The highest BCUT2D eigenvalue weighted by Gasteiger charge is 2.08. The first kappa shape index (κ1) is 18.7. The van der Waals surface area contributed by atoms with Gasteiger partial charge >= 0.3 is 5.97 Å². The maximum Gasteiger partial charge on any atom is 0.305 e. The van der Waals surface area contributed by atoms with Crippen molar-refractivity contribution in [2.24, 2.45) is 5.92 Å². The molecule has 0 saturated carbocycles. The minimum atomic E-state index is -0.126. The molecule has 0 fully saturated rings. The van der Waals surface area contributed by atoms with Crippen molar-refractivity contribution in [2.45, 2.75) is 59.8 Å². The lowest BCUT2D eigenvalue weighted by Crippen LogP contribution is -2.04. The third-order valence-corrected chi connectivity index (χ3v) is 3.42. The number of allylic oxidation sites excluding steroid dienone is 3. The van der Waals surface area contributed by atoms with Crippen LogP contribution in [-0.2, 0) is 9.53 Å². The molecular formula is C18H30O2. The van der Waals surface area contributed by atoms with Gasteiger partial charge in [-0.05, 0) is 46.0 Å². The molecular weight excluding hydrogens is 248 g/mol. The standard InChI is InChI=1S/C18H30O2/c1-7-18(19)20-13-12-16(6)9-11-17(15(4)5)10-8-14(2)3/h9,17H,2,4,7-8,10-13H2,1,3,5-6H3. The molecule has 0 aromatic carbocycles. The second-order valence-electron chi connectivity index (χ2n) is 5.65. The third-order valence-electron chi connectivity index (χ3n) is 3.42. The highest BCUT2D eigenvalue weighted by molar-refractivity contribution is 5.68. The van der Waals surface area contributed by atoms with Crippen molar-refractivity contribution in [3.8, 4) is 0 Å². The van der Waals surface area contributed by atoms with E-state index >= 15 is 0 Å². The molecule has 0 bridgehead atoms. The highest BCUT2D eigenvalue weighted by Crippen LogP contribution is 2.22. The largest absolute Gasteiger partial charge is 0.465 e. The second kappa shape index (κ2) is 10.5. The Kier molecular flexibility index (Phi) is 9.79. The van der Waals surface area contributed by atoms with Gasteiger partial charge in [-0.2, -0.15) is 0 Å². The molecule has 1 atom stereocenters. The third kappa shape index (κ3) is 9.60. The summed E-state index contributed by atoms with van der Waals surface area (Å²) in [6.07, 6.45) is 6.68. The fourth-order valence-electron chi connectivity index (χ4n) is 1.86. The maximum atomic E-state index is 11.0. The number of carbonyl (C=O) groups is 1. The van der Waals surface area contributed by atoms with Crippen LogP contribution in [0.4, 0.5) is 0 Å². The molecule has 0 aromatic rings. The van der Waals surface area contributed by atoms with Gasteiger partial charge in [0.2, 0.25) is 0 Å². The molecule has 0 heterocycles. The SMILES string of the molecule is C=C(C)CCC(CC=C(C)CCOC(=O)CC)C(=C)C. The van der Waals surface area contributed by atoms with Crippen LogP contribution in [0.5, 0.6) is 0 Å². The Balaban J connectivity index is 4.15. The average Bonchev–Trinajstić information content (AvgIpc) is 2.37. The molecule has 0 aromatic heterocycles. The molecule has 0 rings (SSSR count). The van der Waals surface area contributed by atoms with E-state index in [9.17, 15) is 4.79 Å². The minimum absolute atomic E-state index is 0.126. The summed E-state index contributed by atoms with van der Waals surface area (Å²) in [6.45, 7) is 16.6. The lowest BCUT2D eigenvalue weighted by atomic mass is 9.90. The molecule has 20 heavy (non-hydrogen) atoms. The van der Waals surface area contributed by atoms with Crippen LogP contribution >= 0.6 is 0 Å². The molecule has 0 N–H and O–H groups in total. The molecule has 2 nitrogen and oxygen atoms in total. The normalized spacial score (nSPS) is 12.9. The summed E-state index contributed by atoms with van der Waals surface area (Å²) in [5, 5.41) is 0. The van der Waals surface area contributed by atoms with E-state index in [-0.39, 0.29) is 5.97 Å². The van der Waals surface area contributed by atoms with E-state index in [4.69, 9.17) is 4.74 Å². The van der Waals surface area contributed by atoms with Gasteiger partial charge in [0.15, 0.2) is 0 Å². The van der Waals surface area contributed by atoms with Crippen LogP contribution in [0.15, 0.2) is 36.0 Å². The summed E-state index contributed by atoms with van der Waals surface area (Å²) in [5.41, 5.74) is 3.73. The first-order valence-corrected chi connectivity index (χ1v) is 7.47. The van der Waals surface area contributed by atoms with Crippen LogP contribution in [0.1, 0.15) is 59.8 Å². The van der Waals surface area contributed by atoms with Crippen molar-refractivity contribution >= 4 is 5.97 Å². The first-order valence-electron chi connectivity index (χ1n) is 7.47. The van der Waals surface area contributed by atoms with Crippen LogP contribution in [-0.4, -0.2) is 12.6 Å². The van der Waals surface area contributed by atoms with E-state index in [1.807, 2.05) is 6.92 Å². The maximum absolute atomic E-state index is 11.0. The molecule has 0 aliphatic carbocycles. The fourth-order valence-corrected chi connectivity index (χ4v) is 1.86. The first-order chi connectivity index (χ1) is 9.36. The van der Waals surface area contributed by atoms with E-state index < -0.39 is 0 Å². The topological polar surface area (TPSA) is 26.3 Å². The Bertz CT molecular complexity index is 364. The number of rotatable bonds is 10. The molecule has 0 radical (unpaired) electrons. The highest BCUT2D eigenvalue weighted by atomic mass is 16.5. The lowest BCUT2D eigenvalue weighted by molar-refractivity contribution is -0.143. The molecule has 0 spiro atoms. The van der Waals surface area contributed by atoms with Crippen LogP contribution in [0.2, 0.25) is 0 Å². The summed E-state index contributed by atoms with van der Waals surface area (Å²) in [6, 6.07) is 0. The molecule has 2 heteroatoms. The predicted octanol–water partition coefficient (Wildman–Crippen LogP) is 5.21. The van der Waals surface area contributed by atoms with Gasteiger partial charge < -0.3 is 4.74 Å². The van der Waals surface area contributed by atoms with Crippen LogP contribution in [0, 0.1) is 5.92 Å². The number of hydrogen-bond acceptors (Lipinski definition) is 2. The van der Waals surface area contributed by atoms with Gasteiger partial charge in [-0.3, -0.25) is 4.79 Å². The van der Waals surface area contributed by atoms with Crippen molar-refractivity contribution in [3.05, 3.63) is 36.0 Å². The van der Waals surface area contributed by atoms with Gasteiger partial charge in [0.25, 0.3) is 0 Å². The Morgan fingerprint density at radius 3 is 2.35 bits per heavy atom. The summed E-state index contributed by atoms with van der Waals surface area (Å²) in [4.78, 5) is 11.0. The van der Waals surface area contributed by atoms with E-state index in [1.165, 1.54) is 16.7 Å². The molecule has 0 saturated heterocycles. The van der Waals surface area contributed by atoms with Gasteiger partial charge in [-0.1, -0.05) is 36.3 Å². The second-order valence-corrected chi connectivity index (χ2v) is 5.65. The minimum Gasteiger partial charge on any atom is -0.465 e. The van der Waals surface area contributed by atoms with Crippen LogP contribution in [0.25, 0.3) is 0 Å². The quantitative estimate of drug-likeness (QED) is 0.405. The van der Waals surface area contributed by atoms with E-state index in [0.29, 0.717) is 18.9 Å². The zero-order valence-corrected chi connectivity index (χ0v) is 13.6. The Morgan fingerprint density at radius 1 is 1.20 bits per heavy atom. The summed E-state index contributed by atoms with van der Waals surface area (Å²) >= 11 is 0.